The Bertz CT molecular complexity index is 962. The van der Waals surface area contributed by atoms with Crippen LogP contribution >= 0.6 is 11.8 Å². The molecule has 7 nitrogen and oxygen atoms in total. The van der Waals surface area contributed by atoms with Gasteiger partial charge in [-0.3, -0.25) is 14.4 Å². The van der Waals surface area contributed by atoms with Gasteiger partial charge >= 0.3 is 0 Å². The van der Waals surface area contributed by atoms with Gasteiger partial charge in [-0.1, -0.05) is 39.0 Å². The predicted octanol–water partition coefficient (Wildman–Crippen LogP) is 2.34. The van der Waals surface area contributed by atoms with E-state index in [-0.39, 0.29) is 41.4 Å². The van der Waals surface area contributed by atoms with Crippen molar-refractivity contribution < 1.29 is 19.5 Å². The van der Waals surface area contributed by atoms with Crippen LogP contribution in [0.15, 0.2) is 18.2 Å². The number of nitrogens with one attached hydrogen (secondary N) is 2. The Labute approximate surface area is 200 Å². The number of fused-ring (bicyclic) bond motifs is 1. The number of likely N-dealkylation sites (tertiary alicyclic amines) is 1. The van der Waals surface area contributed by atoms with Gasteiger partial charge in [0.15, 0.2) is 0 Å². The lowest BCUT2D eigenvalue weighted by molar-refractivity contribution is -0.142. The molecular formula is C25H35N3O4S. The third-order valence-electron chi connectivity index (χ3n) is 8.02. The van der Waals surface area contributed by atoms with E-state index in [0.29, 0.717) is 0 Å². The van der Waals surface area contributed by atoms with E-state index in [1.165, 1.54) is 0 Å². The predicted molar refractivity (Wildman–Crippen MR) is 130 cm³/mol. The van der Waals surface area contributed by atoms with Gasteiger partial charge in [-0.2, -0.15) is 0 Å². The van der Waals surface area contributed by atoms with Gasteiger partial charge in [0.05, 0.1) is 29.2 Å². The topological polar surface area (TPSA) is 98.7 Å². The molecule has 3 unspecified atom stereocenters. The number of nitrogens with zero attached hydrogens (tertiary/aromatic N) is 1. The van der Waals surface area contributed by atoms with Crippen molar-refractivity contribution in [2.45, 2.75) is 63.1 Å². The number of amides is 3. The number of benzene rings is 1. The smallest absolute Gasteiger partial charge is 0.248 e. The molecule has 3 aliphatic heterocycles. The number of thioether (sulfide) groups is 1. The number of rotatable bonds is 6. The molecule has 0 radical (unpaired) electrons. The van der Waals surface area contributed by atoms with Crippen molar-refractivity contribution in [1.29, 1.82) is 0 Å². The molecule has 3 amide bonds. The average Bonchev–Trinajstić information content (AvgIpc) is 3.35. The second-order valence-electron chi connectivity index (χ2n) is 10.2. The molecule has 0 aliphatic carbocycles. The Balaban J connectivity index is 1.83. The molecule has 8 heteroatoms. The lowest BCUT2D eigenvalue weighted by Gasteiger charge is -2.41. The van der Waals surface area contributed by atoms with Gasteiger partial charge in [0.25, 0.3) is 0 Å². The minimum absolute atomic E-state index is 0.0122. The van der Waals surface area contributed by atoms with Crippen LogP contribution in [0.5, 0.6) is 0 Å². The number of hydrogen-bond acceptors (Lipinski definition) is 5. The number of carbonyl (C=O) groups is 3. The summed E-state index contributed by atoms with van der Waals surface area (Å²) in [5.41, 5.74) is 2.67. The summed E-state index contributed by atoms with van der Waals surface area (Å²) in [6.07, 6.45) is 0.791. The zero-order valence-electron chi connectivity index (χ0n) is 20.2. The van der Waals surface area contributed by atoms with Crippen molar-refractivity contribution in [3.8, 4) is 0 Å². The van der Waals surface area contributed by atoms with Gasteiger partial charge in [-0.05, 0) is 43.2 Å². The molecular weight excluding hydrogens is 438 g/mol. The number of para-hydroxylation sites is 1. The summed E-state index contributed by atoms with van der Waals surface area (Å²) in [6, 6.07) is 4.60. The van der Waals surface area contributed by atoms with Gasteiger partial charge in [0.2, 0.25) is 17.7 Å². The van der Waals surface area contributed by atoms with Gasteiger partial charge < -0.3 is 20.6 Å². The highest BCUT2D eigenvalue weighted by Crippen LogP contribution is 2.68. The maximum absolute atomic E-state index is 14.0. The van der Waals surface area contributed by atoms with E-state index >= 15 is 0 Å². The van der Waals surface area contributed by atoms with E-state index in [4.69, 9.17) is 0 Å². The molecule has 0 aromatic heterocycles. The Kier molecular flexibility index (Phi) is 6.29. The van der Waals surface area contributed by atoms with Crippen molar-refractivity contribution in [2.24, 2.45) is 23.7 Å². The molecule has 3 heterocycles. The third kappa shape index (κ3) is 3.40. The SMILES string of the molecule is CNC(=O)[C@@H]1[C@H]2C(=O)N([C@@H](CO)C(C)C)C(C(=O)Nc3c(C)cccc3C)C23S[C@@H]1CC3C. The molecule has 180 valence electrons. The second-order valence-corrected chi connectivity index (χ2v) is 11.7. The van der Waals surface area contributed by atoms with Crippen LogP contribution in [0.4, 0.5) is 5.69 Å². The van der Waals surface area contributed by atoms with Crippen molar-refractivity contribution in [1.82, 2.24) is 10.2 Å². The Morgan fingerprint density at radius 3 is 2.42 bits per heavy atom. The second kappa shape index (κ2) is 8.62. The number of aliphatic hydroxyl groups excluding tert-OH is 1. The minimum Gasteiger partial charge on any atom is -0.394 e. The largest absolute Gasteiger partial charge is 0.394 e. The molecule has 7 atom stereocenters. The normalized spacial score (nSPS) is 33.4. The fourth-order valence-corrected chi connectivity index (χ4v) is 8.81. The third-order valence-corrected chi connectivity index (χ3v) is 10.1. The molecule has 4 rings (SSSR count). The van der Waals surface area contributed by atoms with Gasteiger partial charge in [-0.15, -0.1) is 11.8 Å². The zero-order valence-corrected chi connectivity index (χ0v) is 21.0. The number of carbonyl (C=O) groups excluding carboxylic acids is 3. The summed E-state index contributed by atoms with van der Waals surface area (Å²) in [7, 11) is 1.60. The fraction of sp³-hybridized carbons (Fsp3) is 0.640. The molecule has 1 aromatic rings. The fourth-order valence-electron chi connectivity index (χ4n) is 6.41. The Hall–Kier alpha value is -2.06. The van der Waals surface area contributed by atoms with Crippen LogP contribution in [0.3, 0.4) is 0 Å². The summed E-state index contributed by atoms with van der Waals surface area (Å²) in [6.45, 7) is 9.67. The lowest BCUT2D eigenvalue weighted by Crippen LogP contribution is -2.58. The van der Waals surface area contributed by atoms with Crippen LogP contribution in [0, 0.1) is 37.5 Å². The number of anilines is 1. The first kappa shape index (κ1) is 24.1. The van der Waals surface area contributed by atoms with Crippen LogP contribution < -0.4 is 10.6 Å². The standard InChI is InChI=1S/C25H35N3O4S/c1-12(2)16(11-29)28-21(23(31)27-20-13(3)8-7-9-14(20)4)25-15(5)10-17(33-25)18(22(30)26-6)19(25)24(28)32/h7-9,12,15-19,21,29H,10-11H2,1-6H3,(H,26,30)(H,27,31)/t15?,16-,17+,18-,19-,21?,25?/m0/s1. The number of hydrogen-bond donors (Lipinski definition) is 3. The maximum atomic E-state index is 14.0. The molecule has 3 fully saturated rings. The summed E-state index contributed by atoms with van der Waals surface area (Å²) in [5, 5.41) is 16.1. The van der Waals surface area contributed by atoms with Crippen molar-refractivity contribution in [3.05, 3.63) is 29.3 Å². The quantitative estimate of drug-likeness (QED) is 0.589. The first-order chi connectivity index (χ1) is 15.6. The van der Waals surface area contributed by atoms with E-state index in [9.17, 15) is 19.5 Å². The molecule has 2 bridgehead atoms. The molecule has 1 spiro atoms. The van der Waals surface area contributed by atoms with E-state index in [1.807, 2.05) is 45.9 Å². The maximum Gasteiger partial charge on any atom is 0.248 e. The molecule has 3 aliphatic rings. The highest BCUT2D eigenvalue weighted by Gasteiger charge is 2.76. The van der Waals surface area contributed by atoms with Crippen LogP contribution in [-0.4, -0.2) is 63.5 Å². The van der Waals surface area contributed by atoms with E-state index in [1.54, 1.807) is 23.7 Å². The highest BCUT2D eigenvalue weighted by atomic mass is 32.2. The van der Waals surface area contributed by atoms with Crippen molar-refractivity contribution in [3.63, 3.8) is 0 Å². The molecule has 1 aromatic carbocycles. The molecule has 0 saturated carbocycles. The monoisotopic (exact) mass is 473 g/mol. The number of aliphatic hydroxyl groups is 1. The first-order valence-electron chi connectivity index (χ1n) is 11.8. The van der Waals surface area contributed by atoms with E-state index < -0.39 is 28.7 Å². The average molecular weight is 474 g/mol. The van der Waals surface area contributed by atoms with Gasteiger partial charge in [0, 0.05) is 18.0 Å². The van der Waals surface area contributed by atoms with Crippen molar-refractivity contribution >= 4 is 35.2 Å². The molecule has 3 N–H and O–H groups in total. The zero-order chi connectivity index (χ0) is 24.2. The number of aryl methyl sites for hydroxylation is 2. The van der Waals surface area contributed by atoms with Crippen LogP contribution in [0.2, 0.25) is 0 Å². The van der Waals surface area contributed by atoms with Gasteiger partial charge in [-0.25, -0.2) is 0 Å². The van der Waals surface area contributed by atoms with Gasteiger partial charge in [0.1, 0.15) is 6.04 Å². The summed E-state index contributed by atoms with van der Waals surface area (Å²) >= 11 is 1.65. The van der Waals surface area contributed by atoms with Crippen LogP contribution in [0.25, 0.3) is 0 Å². The van der Waals surface area contributed by atoms with E-state index in [2.05, 4.69) is 17.6 Å². The Morgan fingerprint density at radius 2 is 1.88 bits per heavy atom. The summed E-state index contributed by atoms with van der Waals surface area (Å²) in [4.78, 5) is 42.5. The summed E-state index contributed by atoms with van der Waals surface area (Å²) < 4.78 is -0.693. The van der Waals surface area contributed by atoms with Crippen LogP contribution in [-0.2, 0) is 14.4 Å². The molecule has 3 saturated heterocycles. The van der Waals surface area contributed by atoms with Crippen LogP contribution in [0.1, 0.15) is 38.3 Å². The minimum atomic E-state index is -0.756. The lowest BCUT2D eigenvalue weighted by atomic mass is 9.66. The highest BCUT2D eigenvalue weighted by molar-refractivity contribution is 8.02. The van der Waals surface area contributed by atoms with E-state index in [0.717, 1.165) is 23.2 Å². The first-order valence-corrected chi connectivity index (χ1v) is 12.7. The summed E-state index contributed by atoms with van der Waals surface area (Å²) in [5.74, 6) is -1.54. The Morgan fingerprint density at radius 1 is 1.24 bits per heavy atom. The van der Waals surface area contributed by atoms with Crippen molar-refractivity contribution in [2.75, 3.05) is 19.0 Å². The molecule has 33 heavy (non-hydrogen) atoms.